The molecule has 1 amide bonds. The van der Waals surface area contributed by atoms with E-state index in [1.165, 1.54) is 0 Å². The van der Waals surface area contributed by atoms with E-state index in [0.717, 1.165) is 42.7 Å². The fourth-order valence-corrected chi connectivity index (χ4v) is 3.07. The monoisotopic (exact) mass is 290 g/mol. The molecule has 5 nitrogen and oxygen atoms in total. The fourth-order valence-electron chi connectivity index (χ4n) is 3.07. The third-order valence-electron chi connectivity index (χ3n) is 4.41. The van der Waals surface area contributed by atoms with E-state index < -0.39 is 0 Å². The molecule has 1 aromatic carbocycles. The maximum Gasteiger partial charge on any atom is 0.231 e. The molecule has 0 aromatic heterocycles. The van der Waals surface area contributed by atoms with Gasteiger partial charge in [0.25, 0.3) is 0 Å². The van der Waals surface area contributed by atoms with Gasteiger partial charge >= 0.3 is 0 Å². The van der Waals surface area contributed by atoms with E-state index in [1.54, 1.807) is 0 Å². The third-order valence-corrected chi connectivity index (χ3v) is 4.41. The smallest absolute Gasteiger partial charge is 0.231 e. The van der Waals surface area contributed by atoms with Crippen LogP contribution >= 0.6 is 0 Å². The van der Waals surface area contributed by atoms with Gasteiger partial charge in [-0.25, -0.2) is 0 Å². The van der Waals surface area contributed by atoms with Gasteiger partial charge in [-0.05, 0) is 37.5 Å². The molecule has 1 heterocycles. The minimum atomic E-state index is -0.0684. The number of nitrogens with one attached hydrogen (secondary N) is 1. The molecule has 2 aliphatic rings. The topological polar surface area (TPSA) is 73.6 Å². The molecule has 0 radical (unpaired) electrons. The molecular weight excluding hydrogens is 268 g/mol. The highest BCUT2D eigenvalue weighted by molar-refractivity contribution is 5.80. The lowest BCUT2D eigenvalue weighted by Crippen LogP contribution is -2.44. The molecule has 1 saturated carbocycles. The Labute approximate surface area is 124 Å². The van der Waals surface area contributed by atoms with Crippen LogP contribution in [-0.4, -0.2) is 18.7 Å². The van der Waals surface area contributed by atoms with Crippen LogP contribution in [0, 0.1) is 5.92 Å². The van der Waals surface area contributed by atoms with Crippen molar-refractivity contribution in [3.05, 3.63) is 23.8 Å². The van der Waals surface area contributed by atoms with Gasteiger partial charge in [0.2, 0.25) is 12.7 Å². The maximum atomic E-state index is 12.4. The summed E-state index contributed by atoms with van der Waals surface area (Å²) < 4.78 is 10.7. The Kier molecular flexibility index (Phi) is 4.01. The zero-order valence-electron chi connectivity index (χ0n) is 12.3. The van der Waals surface area contributed by atoms with E-state index in [2.05, 4.69) is 5.32 Å². The number of fused-ring (bicyclic) bond motifs is 1. The van der Waals surface area contributed by atoms with Gasteiger partial charge < -0.3 is 20.5 Å². The molecule has 1 fully saturated rings. The first kappa shape index (κ1) is 14.2. The van der Waals surface area contributed by atoms with Crippen LogP contribution in [0.15, 0.2) is 18.2 Å². The molecular formula is C16H22N2O3. The molecule has 5 heteroatoms. The zero-order valence-corrected chi connectivity index (χ0v) is 12.3. The molecule has 1 aromatic rings. The van der Waals surface area contributed by atoms with Crippen LogP contribution in [0.5, 0.6) is 11.5 Å². The molecule has 21 heavy (non-hydrogen) atoms. The summed E-state index contributed by atoms with van der Waals surface area (Å²) in [7, 11) is 0. The molecule has 3 unspecified atom stereocenters. The van der Waals surface area contributed by atoms with Crippen molar-refractivity contribution in [1.29, 1.82) is 0 Å². The number of carbonyl (C=O) groups excluding carboxylic acids is 1. The average molecular weight is 290 g/mol. The molecule has 0 saturated heterocycles. The second kappa shape index (κ2) is 5.93. The first-order valence-corrected chi connectivity index (χ1v) is 7.60. The molecule has 3 rings (SSSR count). The summed E-state index contributed by atoms with van der Waals surface area (Å²) in [6.07, 6.45) is 4.05. The molecule has 0 bridgehead atoms. The van der Waals surface area contributed by atoms with E-state index in [1.807, 2.05) is 25.1 Å². The van der Waals surface area contributed by atoms with Crippen LogP contribution < -0.4 is 20.5 Å². The van der Waals surface area contributed by atoms with Gasteiger partial charge in [-0.3, -0.25) is 4.79 Å². The highest BCUT2D eigenvalue weighted by Gasteiger charge is 2.29. The lowest BCUT2D eigenvalue weighted by atomic mass is 9.84. The lowest BCUT2D eigenvalue weighted by Gasteiger charge is -2.28. The Morgan fingerprint density at radius 3 is 2.86 bits per heavy atom. The van der Waals surface area contributed by atoms with Crippen LogP contribution in [0.1, 0.15) is 44.2 Å². The van der Waals surface area contributed by atoms with Crippen molar-refractivity contribution in [2.45, 2.75) is 44.7 Å². The number of rotatable bonds is 3. The van der Waals surface area contributed by atoms with Gasteiger partial charge in [-0.15, -0.1) is 0 Å². The second-order valence-electron chi connectivity index (χ2n) is 5.90. The van der Waals surface area contributed by atoms with Crippen molar-refractivity contribution in [2.75, 3.05) is 6.79 Å². The summed E-state index contributed by atoms with van der Waals surface area (Å²) in [6.45, 7) is 2.24. The van der Waals surface area contributed by atoms with Gasteiger partial charge in [0.05, 0.1) is 12.0 Å². The number of carbonyl (C=O) groups is 1. The van der Waals surface area contributed by atoms with Gasteiger partial charge in [-0.2, -0.15) is 0 Å². The Bertz CT molecular complexity index is 532. The average Bonchev–Trinajstić information content (AvgIpc) is 2.94. The fraction of sp³-hybridized carbons (Fsp3) is 0.562. The summed E-state index contributed by atoms with van der Waals surface area (Å²) in [6, 6.07) is 5.68. The quantitative estimate of drug-likeness (QED) is 0.894. The van der Waals surface area contributed by atoms with Crippen molar-refractivity contribution < 1.29 is 14.3 Å². The first-order valence-electron chi connectivity index (χ1n) is 7.60. The third kappa shape index (κ3) is 2.97. The van der Waals surface area contributed by atoms with Gasteiger partial charge in [0.1, 0.15) is 0 Å². The number of amides is 1. The van der Waals surface area contributed by atoms with Crippen molar-refractivity contribution in [1.82, 2.24) is 5.32 Å². The summed E-state index contributed by atoms with van der Waals surface area (Å²) in [5, 5.41) is 3.07. The molecule has 3 atom stereocenters. The highest BCUT2D eigenvalue weighted by atomic mass is 16.7. The molecule has 1 aliphatic carbocycles. The number of nitrogens with two attached hydrogens (primary N) is 1. The highest BCUT2D eigenvalue weighted by Crippen LogP contribution is 2.34. The molecule has 3 N–H and O–H groups in total. The number of benzene rings is 1. The summed E-state index contributed by atoms with van der Waals surface area (Å²) in [4.78, 5) is 12.4. The molecule has 0 spiro atoms. The van der Waals surface area contributed by atoms with Crippen LogP contribution in [0.2, 0.25) is 0 Å². The number of hydrogen-bond donors (Lipinski definition) is 2. The molecule has 114 valence electrons. The van der Waals surface area contributed by atoms with Crippen molar-refractivity contribution in [3.63, 3.8) is 0 Å². The normalized spacial score (nSPS) is 25.4. The van der Waals surface area contributed by atoms with Gasteiger partial charge in [0, 0.05) is 6.04 Å². The van der Waals surface area contributed by atoms with Crippen molar-refractivity contribution in [2.24, 2.45) is 11.7 Å². The minimum absolute atomic E-state index is 0.0114. The Balaban J connectivity index is 1.65. The van der Waals surface area contributed by atoms with Crippen LogP contribution in [0.4, 0.5) is 0 Å². The minimum Gasteiger partial charge on any atom is -0.454 e. The number of ether oxygens (including phenoxy) is 2. The summed E-state index contributed by atoms with van der Waals surface area (Å²) in [5.41, 5.74) is 7.08. The van der Waals surface area contributed by atoms with E-state index in [9.17, 15) is 4.79 Å². The van der Waals surface area contributed by atoms with Crippen LogP contribution in [0.3, 0.4) is 0 Å². The maximum absolute atomic E-state index is 12.4. The summed E-state index contributed by atoms with van der Waals surface area (Å²) in [5.74, 6) is 1.50. The first-order chi connectivity index (χ1) is 10.1. The Morgan fingerprint density at radius 1 is 1.29 bits per heavy atom. The summed E-state index contributed by atoms with van der Waals surface area (Å²) >= 11 is 0. The van der Waals surface area contributed by atoms with Gasteiger partial charge in [0.15, 0.2) is 11.5 Å². The van der Waals surface area contributed by atoms with Gasteiger partial charge in [-0.1, -0.05) is 18.9 Å². The standard InChI is InChI=1S/C16H22N2O3/c1-10(11-6-7-14-15(8-11)21-9-20-14)18-16(19)12-4-2-3-5-13(12)17/h6-8,10,12-13H,2-5,9,17H2,1H3,(H,18,19). The van der Waals surface area contributed by atoms with E-state index in [0.29, 0.717) is 0 Å². The zero-order chi connectivity index (χ0) is 14.8. The lowest BCUT2D eigenvalue weighted by molar-refractivity contribution is -0.127. The predicted octanol–water partition coefficient (Wildman–Crippen LogP) is 2.11. The van der Waals surface area contributed by atoms with Crippen molar-refractivity contribution >= 4 is 5.91 Å². The Morgan fingerprint density at radius 2 is 2.05 bits per heavy atom. The number of hydrogen-bond acceptors (Lipinski definition) is 4. The van der Waals surface area contributed by atoms with Crippen molar-refractivity contribution in [3.8, 4) is 11.5 Å². The van der Waals surface area contributed by atoms with E-state index in [4.69, 9.17) is 15.2 Å². The van der Waals surface area contributed by atoms with Crippen LogP contribution in [0.25, 0.3) is 0 Å². The molecule has 1 aliphatic heterocycles. The largest absolute Gasteiger partial charge is 0.454 e. The SMILES string of the molecule is CC(NC(=O)C1CCCCC1N)c1ccc2c(c1)OCO2. The van der Waals surface area contributed by atoms with E-state index in [-0.39, 0.29) is 30.7 Å². The predicted molar refractivity (Wildman–Crippen MR) is 79.1 cm³/mol. The van der Waals surface area contributed by atoms with E-state index >= 15 is 0 Å². The second-order valence-corrected chi connectivity index (χ2v) is 5.90. The Hall–Kier alpha value is -1.75. The van der Waals surface area contributed by atoms with Crippen LogP contribution in [-0.2, 0) is 4.79 Å².